The summed E-state index contributed by atoms with van der Waals surface area (Å²) in [5, 5.41) is 4.64. The van der Waals surface area contributed by atoms with Crippen molar-refractivity contribution in [3.8, 4) is 0 Å². The molecule has 0 fully saturated rings. The van der Waals surface area contributed by atoms with Crippen molar-refractivity contribution >= 4 is 55.7 Å². The highest BCUT2D eigenvalue weighted by Crippen LogP contribution is 2.29. The van der Waals surface area contributed by atoms with Crippen molar-refractivity contribution in [1.29, 1.82) is 0 Å². The lowest BCUT2D eigenvalue weighted by atomic mass is 10.1. The van der Waals surface area contributed by atoms with Gasteiger partial charge in [-0.2, -0.15) is 0 Å². The van der Waals surface area contributed by atoms with Crippen molar-refractivity contribution in [2.45, 2.75) is 19.8 Å². The van der Waals surface area contributed by atoms with Gasteiger partial charge in [0.05, 0.1) is 23.2 Å². The van der Waals surface area contributed by atoms with Gasteiger partial charge < -0.3 is 5.32 Å². The molecule has 0 radical (unpaired) electrons. The number of nitrogens with one attached hydrogen (secondary N) is 1. The number of ketones is 1. The van der Waals surface area contributed by atoms with Crippen LogP contribution in [0.3, 0.4) is 0 Å². The van der Waals surface area contributed by atoms with Gasteiger partial charge in [-0.25, -0.2) is 9.97 Å². The first-order valence-electron chi connectivity index (χ1n) is 8.08. The van der Waals surface area contributed by atoms with Gasteiger partial charge in [0.1, 0.15) is 12.1 Å². The summed E-state index contributed by atoms with van der Waals surface area (Å²) in [4.78, 5) is 24.8. The summed E-state index contributed by atoms with van der Waals surface area (Å²) in [6.07, 6.45) is 7.64. The number of halogens is 2. The highest BCUT2D eigenvalue weighted by Gasteiger charge is 2.09. The Morgan fingerprint density at radius 1 is 1.27 bits per heavy atom. The van der Waals surface area contributed by atoms with E-state index < -0.39 is 0 Å². The van der Waals surface area contributed by atoms with Crippen LogP contribution in [0.2, 0.25) is 5.02 Å². The average molecular weight is 432 g/mol. The maximum absolute atomic E-state index is 12.0. The van der Waals surface area contributed by atoms with Crippen LogP contribution in [0.15, 0.2) is 53.4 Å². The molecular formula is C19H16BrClN4O. The van der Waals surface area contributed by atoms with Crippen molar-refractivity contribution in [2.24, 2.45) is 0 Å². The average Bonchev–Trinajstić information content (AvgIpc) is 2.63. The third kappa shape index (κ3) is 4.45. The van der Waals surface area contributed by atoms with Gasteiger partial charge in [-0.05, 0) is 52.7 Å². The van der Waals surface area contributed by atoms with Crippen molar-refractivity contribution in [2.75, 3.05) is 5.32 Å². The maximum atomic E-state index is 12.0. The molecule has 0 unspecified atom stereocenters. The van der Waals surface area contributed by atoms with Gasteiger partial charge >= 0.3 is 0 Å². The SMILES string of the molecule is CC/C=C/C(=O)Cc1cc2c(Nc3ccc(Br)c(Cl)c3)ncnc2cn1. The Kier molecular flexibility index (Phi) is 5.96. The van der Waals surface area contributed by atoms with Gasteiger partial charge in [-0.1, -0.05) is 24.6 Å². The summed E-state index contributed by atoms with van der Waals surface area (Å²) in [7, 11) is 0. The molecule has 0 saturated heterocycles. The van der Waals surface area contributed by atoms with E-state index >= 15 is 0 Å². The number of carbonyl (C=O) groups is 1. The number of anilines is 2. The first kappa shape index (κ1) is 18.5. The van der Waals surface area contributed by atoms with E-state index in [2.05, 4.69) is 36.2 Å². The molecule has 0 aliphatic carbocycles. The second-order valence-electron chi connectivity index (χ2n) is 5.62. The minimum Gasteiger partial charge on any atom is -0.340 e. The van der Waals surface area contributed by atoms with Crippen LogP contribution in [0.5, 0.6) is 0 Å². The van der Waals surface area contributed by atoms with E-state index in [1.165, 1.54) is 6.33 Å². The third-order valence-corrected chi connectivity index (χ3v) is 4.89. The minimum absolute atomic E-state index is 0.0183. The number of carbonyl (C=O) groups excluding carboxylic acids is 1. The smallest absolute Gasteiger partial charge is 0.161 e. The molecule has 7 heteroatoms. The first-order valence-corrected chi connectivity index (χ1v) is 9.25. The molecule has 2 aromatic heterocycles. The Morgan fingerprint density at radius 3 is 2.88 bits per heavy atom. The molecule has 1 N–H and O–H groups in total. The Morgan fingerprint density at radius 2 is 2.12 bits per heavy atom. The monoisotopic (exact) mass is 430 g/mol. The number of hydrogen-bond donors (Lipinski definition) is 1. The first-order chi connectivity index (χ1) is 12.6. The Hall–Kier alpha value is -2.31. The number of nitrogens with zero attached hydrogens (tertiary/aromatic N) is 3. The highest BCUT2D eigenvalue weighted by molar-refractivity contribution is 9.10. The molecule has 3 aromatic rings. The number of aromatic nitrogens is 3. The molecule has 132 valence electrons. The van der Waals surface area contributed by atoms with Crippen molar-refractivity contribution in [3.63, 3.8) is 0 Å². The fourth-order valence-corrected chi connectivity index (χ4v) is 2.82. The van der Waals surface area contributed by atoms with E-state index in [4.69, 9.17) is 11.6 Å². The van der Waals surface area contributed by atoms with E-state index in [9.17, 15) is 4.79 Å². The molecule has 0 aliphatic heterocycles. The van der Waals surface area contributed by atoms with Crippen LogP contribution in [-0.2, 0) is 11.2 Å². The summed E-state index contributed by atoms with van der Waals surface area (Å²) >= 11 is 9.52. The van der Waals surface area contributed by atoms with Gasteiger partial charge in [-0.15, -0.1) is 0 Å². The van der Waals surface area contributed by atoms with E-state index in [0.29, 0.717) is 22.1 Å². The zero-order valence-corrected chi connectivity index (χ0v) is 16.4. The molecule has 0 bridgehead atoms. The molecule has 0 amide bonds. The highest BCUT2D eigenvalue weighted by atomic mass is 79.9. The molecule has 0 atom stereocenters. The van der Waals surface area contributed by atoms with E-state index in [0.717, 1.165) is 22.0 Å². The third-order valence-electron chi connectivity index (χ3n) is 3.66. The quantitative estimate of drug-likeness (QED) is 0.539. The van der Waals surface area contributed by atoms with Gasteiger partial charge in [0, 0.05) is 21.2 Å². The molecular weight excluding hydrogens is 416 g/mol. The number of hydrogen-bond acceptors (Lipinski definition) is 5. The van der Waals surface area contributed by atoms with Crippen LogP contribution >= 0.6 is 27.5 Å². The van der Waals surface area contributed by atoms with Crippen LogP contribution in [0, 0.1) is 0 Å². The maximum Gasteiger partial charge on any atom is 0.161 e. The summed E-state index contributed by atoms with van der Waals surface area (Å²) in [6.45, 7) is 1.99. The second-order valence-corrected chi connectivity index (χ2v) is 6.88. The van der Waals surface area contributed by atoms with Gasteiger partial charge in [0.15, 0.2) is 5.78 Å². The van der Waals surface area contributed by atoms with Crippen molar-refractivity contribution in [1.82, 2.24) is 15.0 Å². The number of pyridine rings is 1. The lowest BCUT2D eigenvalue weighted by molar-refractivity contribution is -0.114. The topological polar surface area (TPSA) is 67.8 Å². The number of allylic oxidation sites excluding steroid dienone is 2. The van der Waals surface area contributed by atoms with Gasteiger partial charge in [0.25, 0.3) is 0 Å². The number of benzene rings is 1. The molecule has 2 heterocycles. The Bertz CT molecular complexity index is 990. The molecule has 3 rings (SSSR count). The standard InChI is InChI=1S/C19H16BrClN4O/c1-2-3-4-14(26)7-13-8-15-18(10-22-13)23-11-24-19(15)25-12-5-6-16(20)17(21)9-12/h3-6,8-11H,2,7H2,1H3,(H,23,24,25)/b4-3+. The van der Waals surface area contributed by atoms with E-state index in [1.807, 2.05) is 31.2 Å². The number of rotatable bonds is 6. The molecule has 5 nitrogen and oxygen atoms in total. The predicted octanol–water partition coefficient (Wildman–Crippen LogP) is 5.26. The van der Waals surface area contributed by atoms with Crippen LogP contribution < -0.4 is 5.32 Å². The fourth-order valence-electron chi connectivity index (χ4n) is 2.40. The van der Waals surface area contributed by atoms with Crippen molar-refractivity contribution in [3.05, 3.63) is 64.1 Å². The fraction of sp³-hybridized carbons (Fsp3) is 0.158. The van der Waals surface area contributed by atoms with E-state index in [-0.39, 0.29) is 12.2 Å². The molecule has 0 spiro atoms. The second kappa shape index (κ2) is 8.38. The Balaban J connectivity index is 1.92. The van der Waals surface area contributed by atoms with Crippen LogP contribution in [0.25, 0.3) is 10.9 Å². The summed E-state index contributed by atoms with van der Waals surface area (Å²) in [5.74, 6) is 0.651. The van der Waals surface area contributed by atoms with Gasteiger partial charge in [-0.3, -0.25) is 9.78 Å². The molecule has 0 aliphatic rings. The van der Waals surface area contributed by atoms with Gasteiger partial charge in [0.2, 0.25) is 0 Å². The molecule has 26 heavy (non-hydrogen) atoms. The lowest BCUT2D eigenvalue weighted by Crippen LogP contribution is -2.02. The Labute approximate surface area is 164 Å². The van der Waals surface area contributed by atoms with Crippen molar-refractivity contribution < 1.29 is 4.79 Å². The van der Waals surface area contributed by atoms with Crippen LogP contribution in [0.4, 0.5) is 11.5 Å². The summed E-state index contributed by atoms with van der Waals surface area (Å²) in [6, 6.07) is 7.40. The van der Waals surface area contributed by atoms with Crippen LogP contribution in [0.1, 0.15) is 19.0 Å². The zero-order chi connectivity index (χ0) is 18.5. The summed E-state index contributed by atoms with van der Waals surface area (Å²) < 4.78 is 0.822. The lowest BCUT2D eigenvalue weighted by Gasteiger charge is -2.10. The van der Waals surface area contributed by atoms with E-state index in [1.54, 1.807) is 18.3 Å². The molecule has 1 aromatic carbocycles. The minimum atomic E-state index is 0.0183. The molecule has 0 saturated carbocycles. The number of fused-ring (bicyclic) bond motifs is 1. The largest absolute Gasteiger partial charge is 0.340 e. The summed E-state index contributed by atoms with van der Waals surface area (Å²) in [5.41, 5.74) is 2.18. The normalized spacial score (nSPS) is 11.2. The predicted molar refractivity (Wildman–Crippen MR) is 108 cm³/mol. The van der Waals surface area contributed by atoms with Crippen LogP contribution in [-0.4, -0.2) is 20.7 Å². The zero-order valence-electron chi connectivity index (χ0n) is 14.0.